The molecule has 2 heterocycles. The highest BCUT2D eigenvalue weighted by Gasteiger charge is 2.09. The Morgan fingerprint density at radius 3 is 2.91 bits per heavy atom. The molecule has 5 nitrogen and oxygen atoms in total. The molecule has 0 radical (unpaired) electrons. The zero-order valence-corrected chi connectivity index (χ0v) is 14.4. The highest BCUT2D eigenvalue weighted by molar-refractivity contribution is 7.99. The van der Waals surface area contributed by atoms with Crippen molar-refractivity contribution in [2.24, 2.45) is 0 Å². The Balaban J connectivity index is 1.61. The van der Waals surface area contributed by atoms with Gasteiger partial charge in [0.2, 0.25) is 0 Å². The van der Waals surface area contributed by atoms with Gasteiger partial charge in [0.1, 0.15) is 22.6 Å². The predicted octanol–water partition coefficient (Wildman–Crippen LogP) is 3.96. The van der Waals surface area contributed by atoms with Crippen LogP contribution < -0.4 is 4.74 Å². The maximum Gasteiger partial charge on any atom is 0.181 e. The summed E-state index contributed by atoms with van der Waals surface area (Å²) in [5.74, 6) is 2.24. The molecule has 0 aliphatic heterocycles. The summed E-state index contributed by atoms with van der Waals surface area (Å²) in [5, 5.41) is 0.907. The van der Waals surface area contributed by atoms with Crippen molar-refractivity contribution in [3.05, 3.63) is 42.0 Å². The summed E-state index contributed by atoms with van der Waals surface area (Å²) >= 11 is 1.64. The van der Waals surface area contributed by atoms with Crippen molar-refractivity contribution in [2.75, 3.05) is 12.4 Å². The summed E-state index contributed by atoms with van der Waals surface area (Å²) in [4.78, 5) is 15.6. The van der Waals surface area contributed by atoms with Gasteiger partial charge in [-0.2, -0.15) is 0 Å². The van der Waals surface area contributed by atoms with E-state index in [1.165, 1.54) is 11.1 Å². The number of thioether (sulfide) groups is 1. The minimum atomic E-state index is 0.448. The molecule has 2 aromatic heterocycles. The highest BCUT2D eigenvalue weighted by Crippen LogP contribution is 2.28. The predicted molar refractivity (Wildman–Crippen MR) is 93.2 cm³/mol. The number of aromatic nitrogens is 4. The fraction of sp³-hybridized carbons (Fsp3) is 0.353. The van der Waals surface area contributed by atoms with Gasteiger partial charge in [0, 0.05) is 5.75 Å². The number of imidazole rings is 1. The quantitative estimate of drug-likeness (QED) is 0.421. The van der Waals surface area contributed by atoms with Gasteiger partial charge in [0.15, 0.2) is 5.65 Å². The van der Waals surface area contributed by atoms with E-state index in [4.69, 9.17) is 4.74 Å². The van der Waals surface area contributed by atoms with E-state index in [0.717, 1.165) is 22.0 Å². The molecule has 0 saturated carbocycles. The van der Waals surface area contributed by atoms with Gasteiger partial charge in [-0.15, -0.1) is 11.8 Å². The van der Waals surface area contributed by atoms with Gasteiger partial charge in [-0.3, -0.25) is 0 Å². The van der Waals surface area contributed by atoms with E-state index >= 15 is 0 Å². The molecule has 0 spiro atoms. The number of fused-ring (bicyclic) bond motifs is 1. The first-order chi connectivity index (χ1) is 11.1. The molecule has 0 bridgehead atoms. The highest BCUT2D eigenvalue weighted by atomic mass is 32.2. The van der Waals surface area contributed by atoms with E-state index in [2.05, 4.69) is 58.9 Å². The Labute approximate surface area is 139 Å². The first-order valence-corrected chi connectivity index (χ1v) is 8.64. The van der Waals surface area contributed by atoms with E-state index in [0.29, 0.717) is 18.2 Å². The van der Waals surface area contributed by atoms with Gasteiger partial charge >= 0.3 is 0 Å². The fourth-order valence-corrected chi connectivity index (χ4v) is 3.17. The van der Waals surface area contributed by atoms with Crippen molar-refractivity contribution in [3.63, 3.8) is 0 Å². The SMILES string of the molecule is Cc1ccc(OCCSc2ncnc3nc[nH]c23)c(C(C)C)c1. The monoisotopic (exact) mass is 328 g/mol. The van der Waals surface area contributed by atoms with Crippen LogP contribution in [0.25, 0.3) is 11.2 Å². The molecule has 120 valence electrons. The summed E-state index contributed by atoms with van der Waals surface area (Å²) in [6.45, 7) is 7.11. The number of hydrogen-bond acceptors (Lipinski definition) is 5. The smallest absolute Gasteiger partial charge is 0.181 e. The molecular formula is C17H20N4OS. The van der Waals surface area contributed by atoms with Crippen LogP contribution in [-0.2, 0) is 0 Å². The Kier molecular flexibility index (Phi) is 4.81. The van der Waals surface area contributed by atoms with E-state index in [1.807, 2.05) is 0 Å². The topological polar surface area (TPSA) is 63.7 Å². The minimum absolute atomic E-state index is 0.448. The van der Waals surface area contributed by atoms with Gasteiger partial charge in [0.25, 0.3) is 0 Å². The Hall–Kier alpha value is -2.08. The molecule has 0 saturated heterocycles. The number of nitrogens with zero attached hydrogens (tertiary/aromatic N) is 3. The fourth-order valence-electron chi connectivity index (χ4n) is 2.39. The van der Waals surface area contributed by atoms with Crippen LogP contribution in [0.1, 0.15) is 30.9 Å². The van der Waals surface area contributed by atoms with Crippen LogP contribution >= 0.6 is 11.8 Å². The summed E-state index contributed by atoms with van der Waals surface area (Å²) in [5.41, 5.74) is 4.10. The number of hydrogen-bond donors (Lipinski definition) is 1. The largest absolute Gasteiger partial charge is 0.492 e. The second kappa shape index (κ2) is 7.00. The minimum Gasteiger partial charge on any atom is -0.492 e. The first kappa shape index (κ1) is 15.8. The Morgan fingerprint density at radius 1 is 1.22 bits per heavy atom. The van der Waals surface area contributed by atoms with Crippen molar-refractivity contribution in [3.8, 4) is 5.75 Å². The maximum atomic E-state index is 5.98. The molecule has 1 aromatic carbocycles. The first-order valence-electron chi connectivity index (χ1n) is 7.65. The lowest BCUT2D eigenvalue weighted by atomic mass is 10.00. The molecule has 6 heteroatoms. The standard InChI is InChI=1S/C17H20N4OS/c1-11(2)13-8-12(3)4-5-14(13)22-6-7-23-17-15-16(19-9-18-15)20-10-21-17/h4-5,8-11H,6-7H2,1-3H3,(H,18,19,20,21). The number of aryl methyl sites for hydroxylation is 1. The van der Waals surface area contributed by atoms with Gasteiger partial charge < -0.3 is 9.72 Å². The third-order valence-corrected chi connectivity index (χ3v) is 4.51. The molecule has 0 aliphatic rings. The van der Waals surface area contributed by atoms with Gasteiger partial charge in [0.05, 0.1) is 12.9 Å². The molecule has 1 N–H and O–H groups in total. The van der Waals surface area contributed by atoms with Crippen molar-refractivity contribution >= 4 is 22.9 Å². The van der Waals surface area contributed by atoms with Gasteiger partial charge in [-0.25, -0.2) is 15.0 Å². The zero-order valence-electron chi connectivity index (χ0n) is 13.5. The summed E-state index contributed by atoms with van der Waals surface area (Å²) in [6, 6.07) is 6.35. The molecule has 0 atom stereocenters. The molecule has 0 fully saturated rings. The Morgan fingerprint density at radius 2 is 2.09 bits per heavy atom. The average Bonchev–Trinajstić information content (AvgIpc) is 3.01. The van der Waals surface area contributed by atoms with E-state index < -0.39 is 0 Å². The molecule has 23 heavy (non-hydrogen) atoms. The van der Waals surface area contributed by atoms with Crippen molar-refractivity contribution in [1.29, 1.82) is 0 Å². The summed E-state index contributed by atoms with van der Waals surface area (Å²) < 4.78 is 5.98. The molecule has 3 aromatic rings. The number of nitrogens with one attached hydrogen (secondary N) is 1. The lowest BCUT2D eigenvalue weighted by Gasteiger charge is -2.14. The molecular weight excluding hydrogens is 308 g/mol. The van der Waals surface area contributed by atoms with Crippen LogP contribution in [0.3, 0.4) is 0 Å². The van der Waals surface area contributed by atoms with Gasteiger partial charge in [-0.05, 0) is 24.5 Å². The van der Waals surface area contributed by atoms with E-state index in [-0.39, 0.29) is 0 Å². The number of benzene rings is 1. The molecule has 0 unspecified atom stereocenters. The number of aromatic amines is 1. The maximum absolute atomic E-state index is 5.98. The van der Waals surface area contributed by atoms with Crippen molar-refractivity contribution in [2.45, 2.75) is 31.7 Å². The zero-order chi connectivity index (χ0) is 16.2. The van der Waals surface area contributed by atoms with Crippen LogP contribution in [0.5, 0.6) is 5.75 Å². The lowest BCUT2D eigenvalue weighted by Crippen LogP contribution is -2.04. The van der Waals surface area contributed by atoms with E-state index in [9.17, 15) is 0 Å². The Bertz CT molecular complexity index is 800. The average molecular weight is 328 g/mol. The summed E-state index contributed by atoms with van der Waals surface area (Å²) in [6.07, 6.45) is 3.18. The van der Waals surface area contributed by atoms with Gasteiger partial charge in [-0.1, -0.05) is 31.5 Å². The van der Waals surface area contributed by atoms with Crippen molar-refractivity contribution < 1.29 is 4.74 Å². The number of ether oxygens (including phenoxy) is 1. The lowest BCUT2D eigenvalue weighted by molar-refractivity contribution is 0.338. The van der Waals surface area contributed by atoms with Crippen LogP contribution in [0.2, 0.25) is 0 Å². The second-order valence-corrected chi connectivity index (χ2v) is 6.76. The third-order valence-electron chi connectivity index (χ3n) is 3.56. The van der Waals surface area contributed by atoms with Crippen LogP contribution in [0, 0.1) is 6.92 Å². The molecule has 3 rings (SSSR count). The number of rotatable bonds is 6. The number of H-pyrrole nitrogens is 1. The van der Waals surface area contributed by atoms with E-state index in [1.54, 1.807) is 24.4 Å². The summed E-state index contributed by atoms with van der Waals surface area (Å²) in [7, 11) is 0. The van der Waals surface area contributed by atoms with Crippen molar-refractivity contribution in [1.82, 2.24) is 19.9 Å². The second-order valence-electron chi connectivity index (χ2n) is 5.67. The third kappa shape index (κ3) is 3.64. The molecule has 0 aliphatic carbocycles. The van der Waals surface area contributed by atoms with Crippen LogP contribution in [0.15, 0.2) is 35.9 Å². The normalized spacial score (nSPS) is 11.3. The van der Waals surface area contributed by atoms with Crippen LogP contribution in [-0.4, -0.2) is 32.3 Å². The molecule has 0 amide bonds. The van der Waals surface area contributed by atoms with Crippen LogP contribution in [0.4, 0.5) is 0 Å².